The van der Waals surface area contributed by atoms with Crippen molar-refractivity contribution in [3.8, 4) is 0 Å². The van der Waals surface area contributed by atoms with Crippen molar-refractivity contribution in [2.45, 2.75) is 25.8 Å². The lowest BCUT2D eigenvalue weighted by atomic mass is 10.2. The van der Waals surface area contributed by atoms with Crippen molar-refractivity contribution in [3.63, 3.8) is 0 Å². The van der Waals surface area contributed by atoms with Crippen LogP contribution in [0.2, 0.25) is 5.02 Å². The maximum absolute atomic E-state index is 6.03. The van der Waals surface area contributed by atoms with Gasteiger partial charge in [0, 0.05) is 10.7 Å². The Kier molecular flexibility index (Phi) is 3.31. The molecule has 0 amide bonds. The second-order valence-corrected chi connectivity index (χ2v) is 4.35. The summed E-state index contributed by atoms with van der Waals surface area (Å²) in [7, 11) is 0. The van der Waals surface area contributed by atoms with E-state index in [1.165, 1.54) is 0 Å². The summed E-state index contributed by atoms with van der Waals surface area (Å²) in [4.78, 5) is 4.38. The number of nitrogens with zero attached hydrogens (tertiary/aromatic N) is 1. The first-order valence-electron chi connectivity index (χ1n) is 5.26. The van der Waals surface area contributed by atoms with Crippen LogP contribution in [0.25, 0.3) is 0 Å². The highest BCUT2D eigenvalue weighted by Crippen LogP contribution is 2.24. The van der Waals surface area contributed by atoms with Crippen LogP contribution in [0.1, 0.15) is 18.4 Å². The van der Waals surface area contributed by atoms with Crippen LogP contribution in [0.5, 0.6) is 0 Å². The summed E-state index contributed by atoms with van der Waals surface area (Å²) in [5, 5.41) is 3.83. The first kappa shape index (κ1) is 11.2. The molecular formula is C11H15ClN4. The molecule has 2 rings (SSSR count). The number of hydrazine groups is 1. The number of nitrogens with one attached hydrogen (secondary N) is 2. The number of benzene rings is 1. The zero-order valence-corrected chi connectivity index (χ0v) is 9.88. The van der Waals surface area contributed by atoms with Crippen LogP contribution in [0.4, 0.5) is 5.69 Å². The average Bonchev–Trinajstić information content (AvgIpc) is 3.06. The highest BCUT2D eigenvalue weighted by atomic mass is 35.5. The summed E-state index contributed by atoms with van der Waals surface area (Å²) in [5.74, 6) is 5.97. The van der Waals surface area contributed by atoms with Crippen LogP contribution in [0.15, 0.2) is 23.2 Å². The summed E-state index contributed by atoms with van der Waals surface area (Å²) in [5.41, 5.74) is 4.48. The molecule has 1 aromatic carbocycles. The molecule has 0 radical (unpaired) electrons. The minimum absolute atomic E-state index is 0.416. The van der Waals surface area contributed by atoms with Crippen LogP contribution in [-0.2, 0) is 0 Å². The van der Waals surface area contributed by atoms with Crippen LogP contribution in [0, 0.1) is 6.92 Å². The third-order valence-corrected chi connectivity index (χ3v) is 2.84. The number of hydrogen-bond acceptors (Lipinski definition) is 2. The van der Waals surface area contributed by atoms with Crippen LogP contribution < -0.4 is 16.6 Å². The van der Waals surface area contributed by atoms with Crippen molar-refractivity contribution < 1.29 is 0 Å². The van der Waals surface area contributed by atoms with Gasteiger partial charge in [0.05, 0.1) is 6.04 Å². The van der Waals surface area contributed by atoms with Gasteiger partial charge >= 0.3 is 0 Å². The van der Waals surface area contributed by atoms with Crippen molar-refractivity contribution in [1.82, 2.24) is 5.43 Å². The number of nitrogens with two attached hydrogens (primary N) is 1. The number of aliphatic imine (C=N–C) groups is 1. The van der Waals surface area contributed by atoms with E-state index in [0.717, 1.165) is 29.1 Å². The topological polar surface area (TPSA) is 62.4 Å². The van der Waals surface area contributed by atoms with E-state index in [1.807, 2.05) is 25.1 Å². The van der Waals surface area contributed by atoms with Gasteiger partial charge in [-0.2, -0.15) is 0 Å². The third kappa shape index (κ3) is 2.87. The highest BCUT2D eigenvalue weighted by molar-refractivity contribution is 6.31. The van der Waals surface area contributed by atoms with E-state index in [9.17, 15) is 0 Å². The minimum Gasteiger partial charge on any atom is -0.325 e. The molecule has 1 aliphatic rings. The highest BCUT2D eigenvalue weighted by Gasteiger charge is 2.20. The molecule has 5 heteroatoms. The van der Waals surface area contributed by atoms with Crippen molar-refractivity contribution >= 4 is 23.2 Å². The number of rotatable bonds is 2. The van der Waals surface area contributed by atoms with Gasteiger partial charge in [-0.3, -0.25) is 5.43 Å². The average molecular weight is 239 g/mol. The fourth-order valence-corrected chi connectivity index (χ4v) is 1.48. The van der Waals surface area contributed by atoms with Crippen molar-refractivity contribution in [2.75, 3.05) is 5.32 Å². The molecule has 0 atom stereocenters. The molecule has 16 heavy (non-hydrogen) atoms. The van der Waals surface area contributed by atoms with Crippen molar-refractivity contribution in [3.05, 3.63) is 28.8 Å². The largest absolute Gasteiger partial charge is 0.325 e. The first-order valence-corrected chi connectivity index (χ1v) is 5.64. The van der Waals surface area contributed by atoms with E-state index in [1.54, 1.807) is 0 Å². The maximum atomic E-state index is 6.03. The van der Waals surface area contributed by atoms with E-state index in [-0.39, 0.29) is 0 Å². The molecule has 1 aliphatic carbocycles. The summed E-state index contributed by atoms with van der Waals surface area (Å²) in [6, 6.07) is 6.17. The molecule has 0 unspecified atom stereocenters. The molecule has 1 aromatic rings. The van der Waals surface area contributed by atoms with E-state index in [0.29, 0.717) is 12.0 Å². The second kappa shape index (κ2) is 4.72. The molecule has 0 aromatic heterocycles. The molecule has 1 fully saturated rings. The van der Waals surface area contributed by atoms with Gasteiger partial charge in [-0.25, -0.2) is 10.8 Å². The maximum Gasteiger partial charge on any atom is 0.210 e. The number of hydrogen-bond donors (Lipinski definition) is 3. The lowest BCUT2D eigenvalue weighted by Crippen LogP contribution is -2.36. The monoisotopic (exact) mass is 238 g/mol. The Hall–Kier alpha value is -1.26. The van der Waals surface area contributed by atoms with E-state index < -0.39 is 0 Å². The van der Waals surface area contributed by atoms with Gasteiger partial charge in [0.15, 0.2) is 0 Å². The van der Waals surface area contributed by atoms with E-state index >= 15 is 0 Å². The molecule has 86 valence electrons. The van der Waals surface area contributed by atoms with Gasteiger partial charge < -0.3 is 5.32 Å². The predicted octanol–water partition coefficient (Wildman–Crippen LogP) is 2.04. The minimum atomic E-state index is 0.416. The zero-order chi connectivity index (χ0) is 11.5. The lowest BCUT2D eigenvalue weighted by Gasteiger charge is -2.09. The molecule has 0 heterocycles. The van der Waals surface area contributed by atoms with Gasteiger partial charge in [-0.1, -0.05) is 17.7 Å². The summed E-state index contributed by atoms with van der Waals surface area (Å²) in [6.07, 6.45) is 2.28. The number of guanidine groups is 1. The molecule has 0 spiro atoms. The van der Waals surface area contributed by atoms with Crippen LogP contribution in [0.3, 0.4) is 0 Å². The Bertz CT molecular complexity index is 412. The lowest BCUT2D eigenvalue weighted by molar-refractivity contribution is 0.966. The normalized spacial score (nSPS) is 16.1. The SMILES string of the molecule is Cc1ccc(NC(=NC2CC2)NN)cc1Cl. The fourth-order valence-electron chi connectivity index (χ4n) is 1.30. The standard InChI is InChI=1S/C11H15ClN4/c1-7-2-3-9(6-10(7)12)15-11(16-13)14-8-4-5-8/h2-3,6,8H,4-5,13H2,1H3,(H2,14,15,16). The molecule has 0 saturated heterocycles. The number of anilines is 1. The van der Waals surface area contributed by atoms with Gasteiger partial charge in [0.2, 0.25) is 5.96 Å². The van der Waals surface area contributed by atoms with Gasteiger partial charge in [-0.15, -0.1) is 0 Å². The summed E-state index contributed by atoms with van der Waals surface area (Å²) >= 11 is 6.03. The van der Waals surface area contributed by atoms with Gasteiger partial charge in [0.25, 0.3) is 0 Å². The molecule has 4 nitrogen and oxygen atoms in total. The number of aryl methyl sites for hydroxylation is 1. The van der Waals surface area contributed by atoms with Crippen LogP contribution >= 0.6 is 11.6 Å². The quantitative estimate of drug-likeness (QED) is 0.320. The molecular weight excluding hydrogens is 224 g/mol. The Labute approximate surface area is 99.9 Å². The third-order valence-electron chi connectivity index (χ3n) is 2.43. The van der Waals surface area contributed by atoms with Crippen LogP contribution in [-0.4, -0.2) is 12.0 Å². The summed E-state index contributed by atoms with van der Waals surface area (Å²) in [6.45, 7) is 1.96. The zero-order valence-electron chi connectivity index (χ0n) is 9.13. The van der Waals surface area contributed by atoms with Gasteiger partial charge in [0.1, 0.15) is 0 Å². The molecule has 0 bridgehead atoms. The Balaban J connectivity index is 2.09. The van der Waals surface area contributed by atoms with E-state index in [4.69, 9.17) is 17.4 Å². The van der Waals surface area contributed by atoms with Crippen molar-refractivity contribution in [2.24, 2.45) is 10.8 Å². The Morgan fingerprint density at radius 3 is 2.81 bits per heavy atom. The smallest absolute Gasteiger partial charge is 0.210 e. The number of halogens is 1. The fraction of sp³-hybridized carbons (Fsp3) is 0.364. The van der Waals surface area contributed by atoms with Crippen molar-refractivity contribution in [1.29, 1.82) is 0 Å². The Morgan fingerprint density at radius 1 is 1.50 bits per heavy atom. The van der Waals surface area contributed by atoms with E-state index in [2.05, 4.69) is 15.7 Å². The molecule has 1 saturated carbocycles. The predicted molar refractivity (Wildman–Crippen MR) is 67.6 cm³/mol. The first-order chi connectivity index (χ1) is 7.69. The summed E-state index contributed by atoms with van der Waals surface area (Å²) < 4.78 is 0. The molecule has 0 aliphatic heterocycles. The second-order valence-electron chi connectivity index (χ2n) is 3.94. The van der Waals surface area contributed by atoms with Gasteiger partial charge in [-0.05, 0) is 37.5 Å². The molecule has 4 N–H and O–H groups in total. The Morgan fingerprint density at radius 2 is 2.25 bits per heavy atom.